The number of aliphatic imine (C=N–C) groups is 1. The van der Waals surface area contributed by atoms with Crippen molar-refractivity contribution in [1.82, 2.24) is 16.0 Å². The fourth-order valence-corrected chi connectivity index (χ4v) is 2.39. The number of nitrogens with zero attached hydrogens (tertiary/aromatic N) is 1. The first-order chi connectivity index (χ1) is 10.3. The van der Waals surface area contributed by atoms with Crippen molar-refractivity contribution in [2.45, 2.75) is 45.1 Å². The molecule has 0 spiro atoms. The van der Waals surface area contributed by atoms with Crippen LogP contribution in [0.25, 0.3) is 0 Å². The largest absolute Gasteiger partial charge is 0.378 e. The topological polar surface area (TPSA) is 74.8 Å². The van der Waals surface area contributed by atoms with E-state index in [4.69, 9.17) is 4.74 Å². The summed E-state index contributed by atoms with van der Waals surface area (Å²) in [6.07, 6.45) is 5.79. The monoisotopic (exact) mass is 424 g/mol. The van der Waals surface area contributed by atoms with Crippen molar-refractivity contribution in [2.75, 3.05) is 32.8 Å². The third kappa shape index (κ3) is 7.62. The van der Waals surface area contributed by atoms with Crippen LogP contribution >= 0.6 is 24.0 Å². The van der Waals surface area contributed by atoms with Gasteiger partial charge in [0.15, 0.2) is 5.96 Å². The molecular weight excluding hydrogens is 395 g/mol. The van der Waals surface area contributed by atoms with E-state index in [1.807, 2.05) is 6.92 Å². The summed E-state index contributed by atoms with van der Waals surface area (Å²) in [6, 6.07) is 0. The molecule has 7 heteroatoms. The predicted molar refractivity (Wildman–Crippen MR) is 98.7 cm³/mol. The molecule has 128 valence electrons. The van der Waals surface area contributed by atoms with Crippen molar-refractivity contribution < 1.29 is 9.53 Å². The third-order valence-corrected chi connectivity index (χ3v) is 3.75. The highest BCUT2D eigenvalue weighted by molar-refractivity contribution is 14.0. The Hall–Kier alpha value is -0.570. The smallest absolute Gasteiger partial charge is 0.223 e. The van der Waals surface area contributed by atoms with Crippen LogP contribution in [0.4, 0.5) is 0 Å². The number of hydrogen-bond donors (Lipinski definition) is 3. The highest BCUT2D eigenvalue weighted by atomic mass is 127. The van der Waals surface area contributed by atoms with Crippen molar-refractivity contribution in [2.24, 2.45) is 10.9 Å². The van der Waals surface area contributed by atoms with E-state index in [0.717, 1.165) is 51.3 Å². The average Bonchev–Trinajstić information content (AvgIpc) is 3.21. The molecule has 1 unspecified atom stereocenters. The van der Waals surface area contributed by atoms with Crippen molar-refractivity contribution >= 4 is 35.8 Å². The SMILES string of the molecule is CCNC(=NCCC1CCCO1)NCCNC(=O)C1CC1.I. The molecule has 1 heterocycles. The van der Waals surface area contributed by atoms with Crippen LogP contribution in [0.1, 0.15) is 39.0 Å². The van der Waals surface area contributed by atoms with Gasteiger partial charge in [-0.05, 0) is 39.0 Å². The zero-order valence-electron chi connectivity index (χ0n) is 13.4. The van der Waals surface area contributed by atoms with E-state index in [1.165, 1.54) is 6.42 Å². The highest BCUT2D eigenvalue weighted by Gasteiger charge is 2.28. The minimum atomic E-state index is 0. The highest BCUT2D eigenvalue weighted by Crippen LogP contribution is 2.28. The summed E-state index contributed by atoms with van der Waals surface area (Å²) in [5.74, 6) is 1.28. The van der Waals surface area contributed by atoms with Gasteiger partial charge in [0, 0.05) is 38.7 Å². The summed E-state index contributed by atoms with van der Waals surface area (Å²) in [6.45, 7) is 5.89. The van der Waals surface area contributed by atoms with E-state index in [1.54, 1.807) is 0 Å². The Morgan fingerprint density at radius 2 is 1.95 bits per heavy atom. The quantitative estimate of drug-likeness (QED) is 0.237. The van der Waals surface area contributed by atoms with E-state index in [0.29, 0.717) is 19.2 Å². The normalized spacial score (nSPS) is 21.1. The molecule has 2 fully saturated rings. The van der Waals surface area contributed by atoms with Gasteiger partial charge in [-0.2, -0.15) is 0 Å². The maximum absolute atomic E-state index is 11.5. The van der Waals surface area contributed by atoms with Gasteiger partial charge < -0.3 is 20.7 Å². The molecule has 0 radical (unpaired) electrons. The summed E-state index contributed by atoms with van der Waals surface area (Å²) < 4.78 is 5.59. The van der Waals surface area contributed by atoms with Gasteiger partial charge in [-0.1, -0.05) is 0 Å². The lowest BCUT2D eigenvalue weighted by molar-refractivity contribution is -0.122. The molecule has 1 amide bonds. The number of nitrogens with one attached hydrogen (secondary N) is 3. The van der Waals surface area contributed by atoms with Crippen LogP contribution in [0.2, 0.25) is 0 Å². The molecule has 0 aromatic rings. The first-order valence-electron chi connectivity index (χ1n) is 8.21. The van der Waals surface area contributed by atoms with Gasteiger partial charge in [0.1, 0.15) is 0 Å². The molecule has 1 aliphatic carbocycles. The molecule has 2 rings (SSSR count). The summed E-state index contributed by atoms with van der Waals surface area (Å²) in [7, 11) is 0. The number of amides is 1. The minimum Gasteiger partial charge on any atom is -0.378 e. The zero-order valence-corrected chi connectivity index (χ0v) is 15.7. The predicted octanol–water partition coefficient (Wildman–Crippen LogP) is 1.25. The maximum Gasteiger partial charge on any atom is 0.223 e. The molecule has 0 aromatic carbocycles. The van der Waals surface area contributed by atoms with Crippen molar-refractivity contribution in [3.8, 4) is 0 Å². The lowest BCUT2D eigenvalue weighted by Gasteiger charge is -2.12. The number of ether oxygens (including phenoxy) is 1. The number of hydrogen-bond acceptors (Lipinski definition) is 3. The summed E-state index contributed by atoms with van der Waals surface area (Å²) in [5, 5.41) is 9.40. The Kier molecular flexibility index (Phi) is 9.77. The van der Waals surface area contributed by atoms with Gasteiger partial charge in [0.25, 0.3) is 0 Å². The van der Waals surface area contributed by atoms with Crippen LogP contribution in [0.15, 0.2) is 4.99 Å². The minimum absolute atomic E-state index is 0. The van der Waals surface area contributed by atoms with E-state index in [2.05, 4.69) is 20.9 Å². The van der Waals surface area contributed by atoms with E-state index in [-0.39, 0.29) is 35.8 Å². The third-order valence-electron chi connectivity index (χ3n) is 3.75. The summed E-state index contributed by atoms with van der Waals surface area (Å²) in [5.41, 5.74) is 0. The molecule has 22 heavy (non-hydrogen) atoms. The fraction of sp³-hybridized carbons (Fsp3) is 0.867. The molecule has 2 aliphatic rings. The van der Waals surface area contributed by atoms with Crippen LogP contribution < -0.4 is 16.0 Å². The molecule has 0 bridgehead atoms. The van der Waals surface area contributed by atoms with Crippen LogP contribution in [0.5, 0.6) is 0 Å². The van der Waals surface area contributed by atoms with E-state index in [9.17, 15) is 4.79 Å². The van der Waals surface area contributed by atoms with Gasteiger partial charge in [-0.15, -0.1) is 24.0 Å². The van der Waals surface area contributed by atoms with E-state index < -0.39 is 0 Å². The first kappa shape index (κ1) is 19.5. The summed E-state index contributed by atoms with van der Waals surface area (Å²) >= 11 is 0. The Balaban J connectivity index is 0.00000242. The van der Waals surface area contributed by atoms with Crippen molar-refractivity contribution in [3.63, 3.8) is 0 Å². The number of carbonyl (C=O) groups excluding carboxylic acids is 1. The molecular formula is C15H29IN4O2. The second kappa shape index (κ2) is 11.0. The number of halogens is 1. The van der Waals surface area contributed by atoms with Crippen LogP contribution in [0.3, 0.4) is 0 Å². The molecule has 3 N–H and O–H groups in total. The van der Waals surface area contributed by atoms with Crippen LogP contribution in [0, 0.1) is 5.92 Å². The molecule has 1 aliphatic heterocycles. The van der Waals surface area contributed by atoms with Crippen molar-refractivity contribution in [1.29, 1.82) is 0 Å². The number of guanidine groups is 1. The molecule has 0 aromatic heterocycles. The summed E-state index contributed by atoms with van der Waals surface area (Å²) in [4.78, 5) is 16.0. The molecule has 6 nitrogen and oxygen atoms in total. The van der Waals surface area contributed by atoms with E-state index >= 15 is 0 Å². The Labute approximate surface area is 150 Å². The Morgan fingerprint density at radius 1 is 1.18 bits per heavy atom. The lowest BCUT2D eigenvalue weighted by Crippen LogP contribution is -2.41. The van der Waals surface area contributed by atoms with Crippen LogP contribution in [-0.2, 0) is 9.53 Å². The van der Waals surface area contributed by atoms with Gasteiger partial charge in [-0.3, -0.25) is 9.79 Å². The molecule has 1 atom stereocenters. The number of carbonyl (C=O) groups is 1. The Morgan fingerprint density at radius 3 is 2.59 bits per heavy atom. The standard InChI is InChI=1S/C15H28N4O2.HI/c1-2-16-15(18-8-7-13-4-3-11-21-13)19-10-9-17-14(20)12-5-6-12;/h12-13H,2-11H2,1H3,(H,17,20)(H2,16,18,19);1H. The van der Waals surface area contributed by atoms with Gasteiger partial charge in [-0.25, -0.2) is 0 Å². The van der Waals surface area contributed by atoms with Crippen LogP contribution in [-0.4, -0.2) is 50.8 Å². The molecule has 1 saturated carbocycles. The van der Waals surface area contributed by atoms with Gasteiger partial charge in [0.05, 0.1) is 6.10 Å². The Bertz CT molecular complexity index is 355. The van der Waals surface area contributed by atoms with Crippen molar-refractivity contribution in [3.05, 3.63) is 0 Å². The molecule has 1 saturated heterocycles. The lowest BCUT2D eigenvalue weighted by atomic mass is 10.2. The second-order valence-electron chi connectivity index (χ2n) is 5.68. The number of rotatable bonds is 8. The zero-order chi connectivity index (χ0) is 14.9. The van der Waals surface area contributed by atoms with Gasteiger partial charge >= 0.3 is 0 Å². The van der Waals surface area contributed by atoms with Gasteiger partial charge in [0.2, 0.25) is 5.91 Å². The fourth-order valence-electron chi connectivity index (χ4n) is 2.39. The maximum atomic E-state index is 11.5. The average molecular weight is 424 g/mol. The first-order valence-corrected chi connectivity index (χ1v) is 8.21. The second-order valence-corrected chi connectivity index (χ2v) is 5.68.